The van der Waals surface area contributed by atoms with Gasteiger partial charge in [-0.25, -0.2) is 0 Å². The van der Waals surface area contributed by atoms with Crippen molar-refractivity contribution in [2.45, 2.75) is 64.7 Å². The minimum atomic E-state index is 0.436. The summed E-state index contributed by atoms with van der Waals surface area (Å²) in [5, 5.41) is 8.02. The van der Waals surface area contributed by atoms with Gasteiger partial charge in [0.05, 0.1) is 12.2 Å². The zero-order valence-electron chi connectivity index (χ0n) is 13.4. The Kier molecular flexibility index (Phi) is 4.91. The minimum Gasteiger partial charge on any atom is -0.372 e. The molecule has 1 aromatic rings. The zero-order chi connectivity index (χ0) is 14.7. The van der Waals surface area contributed by atoms with E-state index in [2.05, 4.69) is 26.6 Å². The number of aryl methyl sites for hydroxylation is 1. The predicted molar refractivity (Wildman–Crippen MR) is 82.1 cm³/mol. The van der Waals surface area contributed by atoms with Crippen molar-refractivity contribution in [3.63, 3.8) is 0 Å². The van der Waals surface area contributed by atoms with Gasteiger partial charge in [0.15, 0.2) is 0 Å². The molecule has 0 unspecified atom stereocenters. The first-order valence-electron chi connectivity index (χ1n) is 8.48. The van der Waals surface area contributed by atoms with Crippen LogP contribution in [0.3, 0.4) is 0 Å². The Morgan fingerprint density at radius 1 is 1.29 bits per heavy atom. The molecule has 0 aromatic carbocycles. The summed E-state index contributed by atoms with van der Waals surface area (Å²) >= 11 is 0. The van der Waals surface area contributed by atoms with Crippen molar-refractivity contribution in [2.24, 2.45) is 5.92 Å². The fraction of sp³-hybridized carbons (Fsp3) is 0.875. The molecule has 3 rings (SSSR count). The quantitative estimate of drug-likeness (QED) is 0.773. The molecule has 0 radical (unpaired) electrons. The van der Waals surface area contributed by atoms with Crippen LogP contribution in [0.2, 0.25) is 0 Å². The van der Waals surface area contributed by atoms with E-state index in [1.807, 2.05) is 13.3 Å². The average molecular weight is 292 g/mol. The largest absolute Gasteiger partial charge is 0.372 e. The number of hydrogen-bond donors (Lipinski definition) is 0. The van der Waals surface area contributed by atoms with Gasteiger partial charge in [0.25, 0.3) is 0 Å². The van der Waals surface area contributed by atoms with E-state index in [4.69, 9.17) is 4.74 Å². The second-order valence-corrected chi connectivity index (χ2v) is 6.61. The number of unbranched alkanes of at least 4 members (excludes halogenated alkanes) is 1. The van der Waals surface area contributed by atoms with Crippen LogP contribution in [0.5, 0.6) is 0 Å². The molecule has 1 saturated carbocycles. The molecular formula is C16H28N4O. The Morgan fingerprint density at radius 3 is 2.81 bits per heavy atom. The van der Waals surface area contributed by atoms with Crippen molar-refractivity contribution in [1.82, 2.24) is 19.7 Å². The first kappa shape index (κ1) is 15.0. The maximum Gasteiger partial charge on any atom is 0.129 e. The van der Waals surface area contributed by atoms with Crippen LogP contribution in [0.4, 0.5) is 0 Å². The molecule has 2 aliphatic rings. The van der Waals surface area contributed by atoms with Crippen LogP contribution < -0.4 is 0 Å². The number of ether oxygens (including phenoxy) is 1. The van der Waals surface area contributed by atoms with Crippen LogP contribution in [0.1, 0.15) is 44.9 Å². The topological polar surface area (TPSA) is 43.2 Å². The van der Waals surface area contributed by atoms with Crippen LogP contribution in [0.15, 0.2) is 6.33 Å². The number of aromatic nitrogens is 3. The molecule has 0 N–H and O–H groups in total. The average Bonchev–Trinajstić information content (AvgIpc) is 3.26. The number of hydrogen-bond acceptors (Lipinski definition) is 4. The molecule has 1 saturated heterocycles. The van der Waals surface area contributed by atoms with Gasteiger partial charge in [0.1, 0.15) is 12.2 Å². The Balaban J connectivity index is 1.53. The lowest BCUT2D eigenvalue weighted by atomic mass is 10.1. The van der Waals surface area contributed by atoms with Gasteiger partial charge in [-0.1, -0.05) is 19.8 Å². The summed E-state index contributed by atoms with van der Waals surface area (Å²) in [6, 6.07) is 0. The van der Waals surface area contributed by atoms with Crippen LogP contribution >= 0.6 is 0 Å². The minimum absolute atomic E-state index is 0.436. The lowest BCUT2D eigenvalue weighted by Gasteiger charge is -2.38. The van der Waals surface area contributed by atoms with Gasteiger partial charge in [-0.05, 0) is 32.1 Å². The van der Waals surface area contributed by atoms with Gasteiger partial charge < -0.3 is 9.30 Å². The maximum absolute atomic E-state index is 6.33. The highest BCUT2D eigenvalue weighted by Crippen LogP contribution is 2.37. The molecule has 0 bridgehead atoms. The van der Waals surface area contributed by atoms with E-state index >= 15 is 0 Å². The zero-order valence-corrected chi connectivity index (χ0v) is 13.4. The normalized spacial score (nSPS) is 27.1. The fourth-order valence-corrected chi connectivity index (χ4v) is 3.23. The fourth-order valence-electron chi connectivity index (χ4n) is 3.23. The molecule has 2 atom stereocenters. The number of nitrogens with zero attached hydrogens (tertiary/aromatic N) is 4. The van der Waals surface area contributed by atoms with Crippen molar-refractivity contribution < 1.29 is 4.74 Å². The molecule has 0 amide bonds. The standard InChI is InChI=1S/C16H28N4O/c1-3-4-5-15-10-19(11-16(21-15)14-6-7-14)8-9-20-12-17-18-13(20)2/h12,14-16H,3-11H2,1-2H3/t15-,16-/m1/s1. The molecule has 0 spiro atoms. The van der Waals surface area contributed by atoms with Gasteiger partial charge in [-0.15, -0.1) is 10.2 Å². The van der Waals surface area contributed by atoms with Crippen molar-refractivity contribution in [1.29, 1.82) is 0 Å². The third kappa shape index (κ3) is 4.04. The lowest BCUT2D eigenvalue weighted by Crippen LogP contribution is -2.49. The summed E-state index contributed by atoms with van der Waals surface area (Å²) in [7, 11) is 0. The predicted octanol–water partition coefficient (Wildman–Crippen LogP) is 2.26. The summed E-state index contributed by atoms with van der Waals surface area (Å²) in [5.74, 6) is 1.83. The highest BCUT2D eigenvalue weighted by molar-refractivity contribution is 4.89. The van der Waals surface area contributed by atoms with Crippen molar-refractivity contribution >= 4 is 0 Å². The van der Waals surface area contributed by atoms with Crippen molar-refractivity contribution in [2.75, 3.05) is 19.6 Å². The van der Waals surface area contributed by atoms with Gasteiger partial charge >= 0.3 is 0 Å². The van der Waals surface area contributed by atoms with Crippen LogP contribution in [-0.4, -0.2) is 51.5 Å². The molecule has 2 fully saturated rings. The first-order chi connectivity index (χ1) is 10.3. The Hall–Kier alpha value is -0.940. The first-order valence-corrected chi connectivity index (χ1v) is 8.48. The molecular weight excluding hydrogens is 264 g/mol. The lowest BCUT2D eigenvalue weighted by molar-refractivity contribution is -0.0975. The molecule has 5 nitrogen and oxygen atoms in total. The molecule has 1 aliphatic heterocycles. The molecule has 21 heavy (non-hydrogen) atoms. The van der Waals surface area contributed by atoms with Crippen LogP contribution in [0, 0.1) is 12.8 Å². The molecule has 5 heteroatoms. The summed E-state index contributed by atoms with van der Waals surface area (Å²) in [6.07, 6.45) is 9.22. The van der Waals surface area contributed by atoms with E-state index in [0.717, 1.165) is 37.9 Å². The number of rotatable bonds is 7. The SMILES string of the molecule is CCCC[C@@H]1CN(CCn2cnnc2C)C[C@H](C2CC2)O1. The molecule has 1 aliphatic carbocycles. The summed E-state index contributed by atoms with van der Waals surface area (Å²) in [5.41, 5.74) is 0. The van der Waals surface area contributed by atoms with Gasteiger partial charge in [0.2, 0.25) is 0 Å². The van der Waals surface area contributed by atoms with E-state index in [1.165, 1.54) is 32.1 Å². The highest BCUT2D eigenvalue weighted by atomic mass is 16.5. The molecule has 118 valence electrons. The second kappa shape index (κ2) is 6.88. The molecule has 1 aromatic heterocycles. The highest BCUT2D eigenvalue weighted by Gasteiger charge is 2.37. The Bertz CT molecular complexity index is 443. The van der Waals surface area contributed by atoms with Gasteiger partial charge in [0, 0.05) is 26.2 Å². The third-order valence-corrected chi connectivity index (χ3v) is 4.76. The summed E-state index contributed by atoms with van der Waals surface area (Å²) in [6.45, 7) is 8.53. The van der Waals surface area contributed by atoms with Gasteiger partial charge in [-0.2, -0.15) is 0 Å². The van der Waals surface area contributed by atoms with Crippen LogP contribution in [0.25, 0.3) is 0 Å². The van der Waals surface area contributed by atoms with E-state index < -0.39 is 0 Å². The molecule has 2 heterocycles. The Labute approximate surface area is 127 Å². The smallest absolute Gasteiger partial charge is 0.129 e. The summed E-state index contributed by atoms with van der Waals surface area (Å²) in [4.78, 5) is 2.59. The maximum atomic E-state index is 6.33. The third-order valence-electron chi connectivity index (χ3n) is 4.76. The number of morpholine rings is 1. The van der Waals surface area contributed by atoms with E-state index in [-0.39, 0.29) is 0 Å². The van der Waals surface area contributed by atoms with E-state index in [9.17, 15) is 0 Å². The summed E-state index contributed by atoms with van der Waals surface area (Å²) < 4.78 is 8.47. The van der Waals surface area contributed by atoms with E-state index in [1.54, 1.807) is 0 Å². The van der Waals surface area contributed by atoms with Crippen molar-refractivity contribution in [3.8, 4) is 0 Å². The second-order valence-electron chi connectivity index (χ2n) is 6.61. The van der Waals surface area contributed by atoms with Crippen molar-refractivity contribution in [3.05, 3.63) is 12.2 Å². The van der Waals surface area contributed by atoms with Crippen LogP contribution in [-0.2, 0) is 11.3 Å². The van der Waals surface area contributed by atoms with E-state index in [0.29, 0.717) is 12.2 Å². The Morgan fingerprint density at radius 2 is 2.14 bits per heavy atom. The monoisotopic (exact) mass is 292 g/mol. The van der Waals surface area contributed by atoms with Gasteiger partial charge in [-0.3, -0.25) is 4.90 Å².